The van der Waals surface area contributed by atoms with Gasteiger partial charge in [-0.1, -0.05) is 121 Å². The van der Waals surface area contributed by atoms with Crippen molar-refractivity contribution in [1.82, 2.24) is 0 Å². The summed E-state index contributed by atoms with van der Waals surface area (Å²) in [4.78, 5) is 0. The second-order valence-electron chi connectivity index (χ2n) is 8.93. The Balaban J connectivity index is 1.67. The highest BCUT2D eigenvalue weighted by molar-refractivity contribution is 6.30. The van der Waals surface area contributed by atoms with E-state index in [9.17, 15) is 0 Å². The summed E-state index contributed by atoms with van der Waals surface area (Å²) in [5.74, 6) is 0. The van der Waals surface area contributed by atoms with Crippen LogP contribution in [0.5, 0.6) is 0 Å². The summed E-state index contributed by atoms with van der Waals surface area (Å²) < 4.78 is 0. The minimum absolute atomic E-state index is 1.25. The van der Waals surface area contributed by atoms with Crippen LogP contribution in [0.4, 0.5) is 0 Å². The lowest BCUT2D eigenvalue weighted by Gasteiger charge is -2.16. The molecule has 0 saturated heterocycles. The standard InChI is InChI=1S/C34H22/c1-3-11-23(12-4-1)31-21-25-19-20-26-22-32(24-13-5-2-6-14-24)28-16-8-10-18-30(28)34(26)33(25)29-17-9-7-15-27(29)31/h1-22H. The topological polar surface area (TPSA) is 0 Å². The molecule has 0 heterocycles. The molecule has 7 aromatic carbocycles. The van der Waals surface area contributed by atoms with Crippen LogP contribution in [0.25, 0.3) is 65.3 Å². The van der Waals surface area contributed by atoms with E-state index in [0.717, 1.165) is 0 Å². The molecule has 34 heavy (non-hydrogen) atoms. The third-order valence-electron chi connectivity index (χ3n) is 7.01. The smallest absolute Gasteiger partial charge is 0.00201 e. The van der Waals surface area contributed by atoms with Crippen molar-refractivity contribution in [3.05, 3.63) is 133 Å². The Morgan fingerprint density at radius 3 is 1.06 bits per heavy atom. The van der Waals surface area contributed by atoms with Crippen LogP contribution in [0.3, 0.4) is 0 Å². The van der Waals surface area contributed by atoms with Crippen molar-refractivity contribution in [2.45, 2.75) is 0 Å². The van der Waals surface area contributed by atoms with Gasteiger partial charge in [-0.15, -0.1) is 0 Å². The molecule has 7 aromatic rings. The molecular weight excluding hydrogens is 408 g/mol. The van der Waals surface area contributed by atoms with Crippen molar-refractivity contribution in [1.29, 1.82) is 0 Å². The van der Waals surface area contributed by atoms with Crippen LogP contribution in [0, 0.1) is 0 Å². The first kappa shape index (κ1) is 19.1. The van der Waals surface area contributed by atoms with Crippen LogP contribution in [-0.4, -0.2) is 0 Å². The van der Waals surface area contributed by atoms with Crippen molar-refractivity contribution in [2.24, 2.45) is 0 Å². The van der Waals surface area contributed by atoms with E-state index in [1.807, 2.05) is 0 Å². The number of benzene rings is 7. The largest absolute Gasteiger partial charge is 0.0622 e. The van der Waals surface area contributed by atoms with Gasteiger partial charge in [-0.05, 0) is 77.5 Å². The quantitative estimate of drug-likeness (QED) is 0.239. The molecule has 0 fully saturated rings. The molecule has 0 N–H and O–H groups in total. The van der Waals surface area contributed by atoms with Gasteiger partial charge in [-0.2, -0.15) is 0 Å². The van der Waals surface area contributed by atoms with Crippen molar-refractivity contribution in [3.8, 4) is 22.3 Å². The first-order chi connectivity index (χ1) is 16.9. The highest BCUT2D eigenvalue weighted by Crippen LogP contribution is 2.42. The molecule has 0 amide bonds. The highest BCUT2D eigenvalue weighted by atomic mass is 14.2. The molecule has 0 atom stereocenters. The van der Waals surface area contributed by atoms with E-state index in [2.05, 4.69) is 133 Å². The molecule has 0 aliphatic carbocycles. The number of fused-ring (bicyclic) bond motifs is 7. The van der Waals surface area contributed by atoms with E-state index in [1.54, 1.807) is 0 Å². The van der Waals surface area contributed by atoms with Crippen molar-refractivity contribution in [2.75, 3.05) is 0 Å². The monoisotopic (exact) mass is 430 g/mol. The maximum atomic E-state index is 2.37. The van der Waals surface area contributed by atoms with Crippen LogP contribution < -0.4 is 0 Å². The molecule has 0 saturated carbocycles. The number of rotatable bonds is 2. The van der Waals surface area contributed by atoms with Crippen LogP contribution in [0.15, 0.2) is 133 Å². The predicted molar refractivity (Wildman–Crippen MR) is 147 cm³/mol. The van der Waals surface area contributed by atoms with Gasteiger partial charge in [0.1, 0.15) is 0 Å². The molecule has 0 aliphatic heterocycles. The van der Waals surface area contributed by atoms with Crippen LogP contribution >= 0.6 is 0 Å². The van der Waals surface area contributed by atoms with E-state index in [1.165, 1.54) is 65.3 Å². The van der Waals surface area contributed by atoms with E-state index in [0.29, 0.717) is 0 Å². The van der Waals surface area contributed by atoms with Gasteiger partial charge in [-0.3, -0.25) is 0 Å². The van der Waals surface area contributed by atoms with Crippen LogP contribution in [0.1, 0.15) is 0 Å². The van der Waals surface area contributed by atoms with Gasteiger partial charge < -0.3 is 0 Å². The molecule has 0 radical (unpaired) electrons. The van der Waals surface area contributed by atoms with Gasteiger partial charge in [-0.25, -0.2) is 0 Å². The summed E-state index contributed by atoms with van der Waals surface area (Å²) >= 11 is 0. The Hall–Kier alpha value is -4.42. The summed E-state index contributed by atoms with van der Waals surface area (Å²) in [5.41, 5.74) is 5.08. The lowest BCUT2D eigenvalue weighted by molar-refractivity contribution is 1.66. The highest BCUT2D eigenvalue weighted by Gasteiger charge is 2.15. The van der Waals surface area contributed by atoms with E-state index < -0.39 is 0 Å². The lowest BCUT2D eigenvalue weighted by Crippen LogP contribution is -1.89. The summed E-state index contributed by atoms with van der Waals surface area (Å²) in [7, 11) is 0. The summed E-state index contributed by atoms with van der Waals surface area (Å²) in [6.07, 6.45) is 0. The molecular formula is C34H22. The number of hydrogen-bond acceptors (Lipinski definition) is 0. The van der Waals surface area contributed by atoms with Gasteiger partial charge in [0.25, 0.3) is 0 Å². The summed E-state index contributed by atoms with van der Waals surface area (Å²) in [5, 5.41) is 10.4. The Morgan fingerprint density at radius 2 is 0.647 bits per heavy atom. The van der Waals surface area contributed by atoms with E-state index in [4.69, 9.17) is 0 Å². The minimum atomic E-state index is 1.25. The Labute approximate surface area is 198 Å². The third kappa shape index (κ3) is 2.86. The molecule has 0 unspecified atom stereocenters. The normalized spacial score (nSPS) is 11.5. The predicted octanol–water partition coefficient (Wildman–Crippen LogP) is 9.63. The zero-order chi connectivity index (χ0) is 22.5. The minimum Gasteiger partial charge on any atom is -0.0622 e. The maximum absolute atomic E-state index is 2.37. The summed E-state index contributed by atoms with van der Waals surface area (Å²) in [6.45, 7) is 0. The molecule has 0 bridgehead atoms. The Morgan fingerprint density at radius 1 is 0.294 bits per heavy atom. The number of hydrogen-bond donors (Lipinski definition) is 0. The van der Waals surface area contributed by atoms with Crippen molar-refractivity contribution in [3.63, 3.8) is 0 Å². The molecule has 0 aliphatic rings. The SMILES string of the molecule is c1ccc(-c2cc3ccc4cc(-c5ccccc5)c5ccccc5c4c3c3ccccc23)cc1. The fraction of sp³-hybridized carbons (Fsp3) is 0. The molecule has 158 valence electrons. The van der Waals surface area contributed by atoms with E-state index in [-0.39, 0.29) is 0 Å². The second-order valence-corrected chi connectivity index (χ2v) is 8.93. The molecule has 0 aromatic heterocycles. The molecule has 0 spiro atoms. The van der Waals surface area contributed by atoms with Gasteiger partial charge in [0.15, 0.2) is 0 Å². The van der Waals surface area contributed by atoms with Crippen molar-refractivity contribution < 1.29 is 0 Å². The fourth-order valence-corrected chi connectivity index (χ4v) is 5.51. The molecule has 0 heteroatoms. The van der Waals surface area contributed by atoms with Gasteiger partial charge >= 0.3 is 0 Å². The van der Waals surface area contributed by atoms with Gasteiger partial charge in [0, 0.05) is 0 Å². The maximum Gasteiger partial charge on any atom is -0.00201 e. The Bertz CT molecular complexity index is 1690. The van der Waals surface area contributed by atoms with Crippen molar-refractivity contribution >= 4 is 43.1 Å². The average Bonchev–Trinajstić information content (AvgIpc) is 2.92. The zero-order valence-corrected chi connectivity index (χ0v) is 18.7. The fourth-order valence-electron chi connectivity index (χ4n) is 5.51. The van der Waals surface area contributed by atoms with Crippen LogP contribution in [-0.2, 0) is 0 Å². The lowest BCUT2D eigenvalue weighted by atomic mass is 9.87. The van der Waals surface area contributed by atoms with E-state index >= 15 is 0 Å². The second kappa shape index (κ2) is 7.57. The third-order valence-corrected chi connectivity index (χ3v) is 7.01. The van der Waals surface area contributed by atoms with Gasteiger partial charge in [0.2, 0.25) is 0 Å². The first-order valence-corrected chi connectivity index (χ1v) is 11.8. The average molecular weight is 431 g/mol. The first-order valence-electron chi connectivity index (χ1n) is 11.8. The zero-order valence-electron chi connectivity index (χ0n) is 18.7. The Kier molecular flexibility index (Phi) is 4.25. The summed E-state index contributed by atoms with van der Waals surface area (Å²) in [6, 6.07) is 48.5. The van der Waals surface area contributed by atoms with Crippen LogP contribution in [0.2, 0.25) is 0 Å². The molecule has 0 nitrogen and oxygen atoms in total. The van der Waals surface area contributed by atoms with Gasteiger partial charge in [0.05, 0.1) is 0 Å². The molecule has 7 rings (SSSR count).